The monoisotopic (exact) mass is 296 g/mol. The van der Waals surface area contributed by atoms with Gasteiger partial charge in [0.1, 0.15) is 0 Å². The van der Waals surface area contributed by atoms with Crippen LogP contribution in [0, 0.1) is 5.92 Å². The molecular formula is C17H29ClN2. The first-order valence-corrected chi connectivity index (χ1v) is 8.05. The van der Waals surface area contributed by atoms with Gasteiger partial charge in [-0.25, -0.2) is 0 Å². The number of nitrogens with one attached hydrogen (secondary N) is 1. The lowest BCUT2D eigenvalue weighted by Crippen LogP contribution is -2.30. The van der Waals surface area contributed by atoms with Gasteiger partial charge in [0.05, 0.1) is 10.7 Å². The summed E-state index contributed by atoms with van der Waals surface area (Å²) in [5.74, 6) is 0.698. The van der Waals surface area contributed by atoms with E-state index >= 15 is 0 Å². The predicted molar refractivity (Wildman–Crippen MR) is 90.8 cm³/mol. The summed E-state index contributed by atoms with van der Waals surface area (Å²) in [7, 11) is 2.13. The SMILES string of the molecule is CCCNCc1ccc(N(C)C(C)CC(C)C)c(Cl)c1. The van der Waals surface area contributed by atoms with E-state index in [4.69, 9.17) is 11.6 Å². The second kappa shape index (κ2) is 8.53. The predicted octanol–water partition coefficient (Wildman–Crippen LogP) is 4.71. The minimum absolute atomic E-state index is 0.497. The topological polar surface area (TPSA) is 15.3 Å². The zero-order valence-corrected chi connectivity index (χ0v) is 14.3. The minimum Gasteiger partial charge on any atom is -0.371 e. The molecule has 1 N–H and O–H groups in total. The second-order valence-corrected chi connectivity index (χ2v) is 6.46. The molecule has 1 aromatic rings. The average molecular weight is 297 g/mol. The van der Waals surface area contributed by atoms with Crippen molar-refractivity contribution in [1.82, 2.24) is 5.32 Å². The van der Waals surface area contributed by atoms with E-state index in [2.05, 4.69) is 63.2 Å². The molecule has 0 saturated carbocycles. The standard InChI is InChI=1S/C17H29ClN2/c1-6-9-19-12-15-7-8-17(16(18)11-15)20(5)14(4)10-13(2)3/h7-8,11,13-14,19H,6,9-10,12H2,1-5H3. The lowest BCUT2D eigenvalue weighted by Gasteiger charge is -2.29. The summed E-state index contributed by atoms with van der Waals surface area (Å²) in [5, 5.41) is 4.25. The molecule has 1 atom stereocenters. The second-order valence-electron chi connectivity index (χ2n) is 6.05. The normalized spacial score (nSPS) is 12.8. The zero-order valence-electron chi connectivity index (χ0n) is 13.5. The van der Waals surface area contributed by atoms with E-state index in [1.807, 2.05) is 0 Å². The van der Waals surface area contributed by atoms with Gasteiger partial charge in [-0.3, -0.25) is 0 Å². The molecule has 1 aromatic carbocycles. The molecule has 0 saturated heterocycles. The maximum Gasteiger partial charge on any atom is 0.0642 e. The quantitative estimate of drug-likeness (QED) is 0.699. The van der Waals surface area contributed by atoms with Crippen LogP contribution in [0.4, 0.5) is 5.69 Å². The maximum atomic E-state index is 6.45. The summed E-state index contributed by atoms with van der Waals surface area (Å²) < 4.78 is 0. The van der Waals surface area contributed by atoms with Crippen molar-refractivity contribution >= 4 is 17.3 Å². The Hall–Kier alpha value is -0.730. The van der Waals surface area contributed by atoms with Crippen molar-refractivity contribution in [2.45, 2.75) is 53.1 Å². The Morgan fingerprint density at radius 2 is 1.95 bits per heavy atom. The lowest BCUT2D eigenvalue weighted by molar-refractivity contribution is 0.504. The first kappa shape index (κ1) is 17.3. The first-order chi connectivity index (χ1) is 9.45. The van der Waals surface area contributed by atoms with Gasteiger partial charge in [-0.05, 0) is 49.9 Å². The number of hydrogen-bond donors (Lipinski definition) is 1. The van der Waals surface area contributed by atoms with Crippen LogP contribution in [-0.4, -0.2) is 19.6 Å². The molecule has 0 fully saturated rings. The summed E-state index contributed by atoms with van der Waals surface area (Å²) in [5.41, 5.74) is 2.37. The van der Waals surface area contributed by atoms with Crippen LogP contribution in [0.25, 0.3) is 0 Å². The van der Waals surface area contributed by atoms with Crippen molar-refractivity contribution in [2.75, 3.05) is 18.5 Å². The van der Waals surface area contributed by atoms with Crippen molar-refractivity contribution < 1.29 is 0 Å². The minimum atomic E-state index is 0.497. The van der Waals surface area contributed by atoms with Gasteiger partial charge >= 0.3 is 0 Å². The van der Waals surface area contributed by atoms with E-state index in [9.17, 15) is 0 Å². The molecule has 0 radical (unpaired) electrons. The molecule has 0 aromatic heterocycles. The molecule has 114 valence electrons. The first-order valence-electron chi connectivity index (χ1n) is 7.67. The fourth-order valence-corrected chi connectivity index (χ4v) is 2.77. The maximum absolute atomic E-state index is 6.45. The van der Waals surface area contributed by atoms with Crippen LogP contribution in [0.15, 0.2) is 18.2 Å². The number of hydrogen-bond acceptors (Lipinski definition) is 2. The van der Waals surface area contributed by atoms with E-state index in [-0.39, 0.29) is 0 Å². The largest absolute Gasteiger partial charge is 0.371 e. The van der Waals surface area contributed by atoms with Gasteiger partial charge in [0.25, 0.3) is 0 Å². The molecule has 0 bridgehead atoms. The summed E-state index contributed by atoms with van der Waals surface area (Å²) in [6.45, 7) is 10.9. The van der Waals surface area contributed by atoms with Gasteiger partial charge in [-0.2, -0.15) is 0 Å². The van der Waals surface area contributed by atoms with Crippen LogP contribution in [0.2, 0.25) is 5.02 Å². The Morgan fingerprint density at radius 3 is 2.50 bits per heavy atom. The van der Waals surface area contributed by atoms with Gasteiger partial charge < -0.3 is 10.2 Å². The number of anilines is 1. The molecular weight excluding hydrogens is 268 g/mol. The molecule has 2 nitrogen and oxygen atoms in total. The average Bonchev–Trinajstić information content (AvgIpc) is 2.37. The highest BCUT2D eigenvalue weighted by Gasteiger charge is 2.14. The molecule has 1 rings (SSSR count). The molecule has 0 aliphatic heterocycles. The van der Waals surface area contributed by atoms with Crippen molar-refractivity contribution in [3.8, 4) is 0 Å². The Bertz CT molecular complexity index is 404. The fraction of sp³-hybridized carbons (Fsp3) is 0.647. The zero-order chi connectivity index (χ0) is 15.1. The summed E-state index contributed by atoms with van der Waals surface area (Å²) in [6.07, 6.45) is 2.33. The van der Waals surface area contributed by atoms with Crippen molar-refractivity contribution in [2.24, 2.45) is 5.92 Å². The van der Waals surface area contributed by atoms with E-state index in [0.29, 0.717) is 12.0 Å². The lowest BCUT2D eigenvalue weighted by atomic mass is 10.0. The van der Waals surface area contributed by atoms with Crippen LogP contribution in [0.1, 0.15) is 46.1 Å². The molecule has 3 heteroatoms. The molecule has 0 aliphatic rings. The summed E-state index contributed by atoms with van der Waals surface area (Å²) in [4.78, 5) is 2.28. The highest BCUT2D eigenvalue weighted by molar-refractivity contribution is 6.33. The Kier molecular flexibility index (Phi) is 7.39. The molecule has 0 amide bonds. The van der Waals surface area contributed by atoms with Crippen LogP contribution in [0.5, 0.6) is 0 Å². The van der Waals surface area contributed by atoms with Gasteiger partial charge in [-0.1, -0.05) is 38.4 Å². The highest BCUT2D eigenvalue weighted by atomic mass is 35.5. The smallest absolute Gasteiger partial charge is 0.0642 e. The number of nitrogens with zero attached hydrogens (tertiary/aromatic N) is 1. The molecule has 20 heavy (non-hydrogen) atoms. The van der Waals surface area contributed by atoms with E-state index in [1.54, 1.807) is 0 Å². The molecule has 0 heterocycles. The third kappa shape index (κ3) is 5.34. The van der Waals surface area contributed by atoms with Gasteiger partial charge in [0, 0.05) is 19.6 Å². The van der Waals surface area contributed by atoms with Crippen molar-refractivity contribution in [3.63, 3.8) is 0 Å². The van der Waals surface area contributed by atoms with Gasteiger partial charge in [-0.15, -0.1) is 0 Å². The summed E-state index contributed by atoms with van der Waals surface area (Å²) >= 11 is 6.45. The van der Waals surface area contributed by atoms with Crippen LogP contribution >= 0.6 is 11.6 Å². The van der Waals surface area contributed by atoms with Gasteiger partial charge in [0.15, 0.2) is 0 Å². The Labute approximate surface area is 129 Å². The van der Waals surface area contributed by atoms with Crippen LogP contribution in [0.3, 0.4) is 0 Å². The molecule has 0 spiro atoms. The fourth-order valence-electron chi connectivity index (χ4n) is 2.43. The number of halogens is 1. The van der Waals surface area contributed by atoms with Gasteiger partial charge in [0.2, 0.25) is 0 Å². The third-order valence-corrected chi connectivity index (χ3v) is 3.92. The Morgan fingerprint density at radius 1 is 1.25 bits per heavy atom. The summed E-state index contributed by atoms with van der Waals surface area (Å²) in [6, 6.07) is 6.89. The number of benzene rings is 1. The van der Waals surface area contributed by atoms with Crippen molar-refractivity contribution in [1.29, 1.82) is 0 Å². The van der Waals surface area contributed by atoms with E-state index < -0.39 is 0 Å². The molecule has 1 unspecified atom stereocenters. The number of rotatable bonds is 8. The van der Waals surface area contributed by atoms with Crippen molar-refractivity contribution in [3.05, 3.63) is 28.8 Å². The van der Waals surface area contributed by atoms with E-state index in [1.165, 1.54) is 12.0 Å². The Balaban J connectivity index is 2.71. The van der Waals surface area contributed by atoms with Crippen LogP contribution in [-0.2, 0) is 6.54 Å². The molecule has 0 aliphatic carbocycles. The third-order valence-electron chi connectivity index (χ3n) is 3.62. The highest BCUT2D eigenvalue weighted by Crippen LogP contribution is 2.28. The van der Waals surface area contributed by atoms with Crippen LogP contribution < -0.4 is 10.2 Å². The van der Waals surface area contributed by atoms with E-state index in [0.717, 1.165) is 30.2 Å².